The van der Waals surface area contributed by atoms with Crippen molar-refractivity contribution in [1.29, 1.82) is 0 Å². The van der Waals surface area contributed by atoms with E-state index in [9.17, 15) is 0 Å². The highest BCUT2D eigenvalue weighted by Crippen LogP contribution is 2.39. The highest BCUT2D eigenvalue weighted by molar-refractivity contribution is 6.83. The average molecular weight is 507 g/mol. The molecule has 192 valence electrons. The molecule has 1 aliphatic heterocycles. The second-order valence-electron chi connectivity index (χ2n) is 13.2. The Morgan fingerprint density at radius 2 is 1.43 bits per heavy atom. The normalized spacial score (nSPS) is 16.1. The number of para-hydroxylation sites is 1. The zero-order chi connectivity index (χ0) is 26.8. The Labute approximate surface area is 225 Å². The molecule has 0 fully saturated rings. The van der Waals surface area contributed by atoms with E-state index in [0.29, 0.717) is 0 Å². The van der Waals surface area contributed by atoms with E-state index in [1.807, 2.05) is 0 Å². The van der Waals surface area contributed by atoms with Gasteiger partial charge in [0, 0.05) is 5.56 Å². The summed E-state index contributed by atoms with van der Waals surface area (Å²) in [5.41, 5.74) is 14.8. The van der Waals surface area contributed by atoms with Crippen molar-refractivity contribution in [2.24, 2.45) is 5.41 Å². The van der Waals surface area contributed by atoms with Crippen molar-refractivity contribution in [1.82, 2.24) is 5.43 Å². The maximum Gasteiger partial charge on any atom is 0.129 e. The Morgan fingerprint density at radius 1 is 0.811 bits per heavy atom. The summed E-state index contributed by atoms with van der Waals surface area (Å²) in [6.07, 6.45) is 3.48. The van der Waals surface area contributed by atoms with Gasteiger partial charge in [-0.25, -0.2) is 0 Å². The Hall–Kier alpha value is -3.22. The SMILES string of the molecule is CC(C)(C)CC(C)(C)c1ccc(C2C=C(c3ccc(C#C[Si](C)(C)C)cc3)NN2c2ccccc2)cc1. The molecular weight excluding hydrogens is 464 g/mol. The molecule has 4 rings (SSSR count). The van der Waals surface area contributed by atoms with Gasteiger partial charge in [0.05, 0.1) is 17.4 Å². The number of anilines is 1. The number of nitrogens with zero attached hydrogens (tertiary/aromatic N) is 1. The zero-order valence-electron chi connectivity index (χ0n) is 23.8. The fourth-order valence-corrected chi connectivity index (χ4v) is 5.76. The Balaban J connectivity index is 1.64. The highest BCUT2D eigenvalue weighted by atomic mass is 28.3. The third-order valence-electron chi connectivity index (χ3n) is 6.66. The van der Waals surface area contributed by atoms with Crippen molar-refractivity contribution in [3.05, 3.63) is 107 Å². The smallest absolute Gasteiger partial charge is 0.129 e. The third kappa shape index (κ3) is 6.96. The van der Waals surface area contributed by atoms with Crippen molar-refractivity contribution in [2.75, 3.05) is 5.01 Å². The molecule has 0 saturated carbocycles. The predicted molar refractivity (Wildman–Crippen MR) is 163 cm³/mol. The van der Waals surface area contributed by atoms with Crippen LogP contribution in [0.15, 0.2) is 84.9 Å². The van der Waals surface area contributed by atoms with Crippen LogP contribution in [0.4, 0.5) is 5.69 Å². The van der Waals surface area contributed by atoms with E-state index in [4.69, 9.17) is 0 Å². The van der Waals surface area contributed by atoms with E-state index in [1.165, 1.54) is 16.7 Å². The molecule has 37 heavy (non-hydrogen) atoms. The summed E-state index contributed by atoms with van der Waals surface area (Å²) < 4.78 is 0. The topological polar surface area (TPSA) is 15.3 Å². The van der Waals surface area contributed by atoms with Crippen molar-refractivity contribution in [3.8, 4) is 11.5 Å². The number of hydrogen-bond acceptors (Lipinski definition) is 2. The van der Waals surface area contributed by atoms with Crippen LogP contribution in [0.2, 0.25) is 19.6 Å². The minimum atomic E-state index is -1.39. The average Bonchev–Trinajstić information content (AvgIpc) is 3.27. The van der Waals surface area contributed by atoms with Crippen LogP contribution in [0, 0.1) is 16.9 Å². The monoisotopic (exact) mass is 506 g/mol. The van der Waals surface area contributed by atoms with Gasteiger partial charge in [0.15, 0.2) is 0 Å². The highest BCUT2D eigenvalue weighted by Gasteiger charge is 2.30. The molecule has 2 nitrogen and oxygen atoms in total. The molecule has 0 radical (unpaired) electrons. The van der Waals surface area contributed by atoms with Crippen LogP contribution in [0.3, 0.4) is 0 Å². The summed E-state index contributed by atoms with van der Waals surface area (Å²) in [6.45, 7) is 18.5. The van der Waals surface area contributed by atoms with Crippen molar-refractivity contribution >= 4 is 19.5 Å². The molecule has 1 unspecified atom stereocenters. The Bertz CT molecular complexity index is 1290. The second kappa shape index (κ2) is 10.3. The molecule has 0 spiro atoms. The molecule has 0 amide bonds. The van der Waals surface area contributed by atoms with Gasteiger partial charge < -0.3 is 0 Å². The Morgan fingerprint density at radius 3 is 2.00 bits per heavy atom. The van der Waals surface area contributed by atoms with Crippen LogP contribution >= 0.6 is 0 Å². The van der Waals surface area contributed by atoms with Crippen LogP contribution < -0.4 is 10.4 Å². The van der Waals surface area contributed by atoms with Gasteiger partial charge in [0.25, 0.3) is 0 Å². The van der Waals surface area contributed by atoms with Crippen molar-refractivity contribution in [3.63, 3.8) is 0 Å². The Kier molecular flexibility index (Phi) is 7.44. The molecule has 0 aliphatic carbocycles. The predicted octanol–water partition coefficient (Wildman–Crippen LogP) is 8.74. The molecule has 3 aromatic carbocycles. The molecule has 0 saturated heterocycles. The molecule has 1 aliphatic rings. The first-order valence-electron chi connectivity index (χ1n) is 13.4. The summed E-state index contributed by atoms with van der Waals surface area (Å²) in [7, 11) is -1.39. The quantitative estimate of drug-likeness (QED) is 0.275. The van der Waals surface area contributed by atoms with Gasteiger partial charge >= 0.3 is 0 Å². The molecule has 0 bridgehead atoms. The van der Waals surface area contributed by atoms with Gasteiger partial charge in [-0.1, -0.05) is 115 Å². The van der Waals surface area contributed by atoms with Gasteiger partial charge in [-0.2, -0.15) is 0 Å². The number of nitrogens with one attached hydrogen (secondary N) is 1. The van der Waals surface area contributed by atoms with Gasteiger partial charge in [-0.3, -0.25) is 10.4 Å². The first-order valence-corrected chi connectivity index (χ1v) is 16.9. The van der Waals surface area contributed by atoms with E-state index >= 15 is 0 Å². The summed E-state index contributed by atoms with van der Waals surface area (Å²) in [6, 6.07) is 28.5. The van der Waals surface area contributed by atoms with E-state index < -0.39 is 8.07 Å². The van der Waals surface area contributed by atoms with E-state index in [1.54, 1.807) is 0 Å². The first kappa shape index (κ1) is 26.8. The largest absolute Gasteiger partial charge is 0.297 e. The van der Waals surface area contributed by atoms with Crippen molar-refractivity contribution < 1.29 is 0 Å². The summed E-state index contributed by atoms with van der Waals surface area (Å²) in [5, 5.41) is 2.27. The van der Waals surface area contributed by atoms with E-state index in [0.717, 1.165) is 23.4 Å². The van der Waals surface area contributed by atoms with Crippen molar-refractivity contribution in [2.45, 2.75) is 72.1 Å². The standard InChI is InChI=1S/C34H42N2Si/c1-33(2,3)25-34(4,5)29-20-18-28(19-21-29)32-24-31(35-36(32)30-12-10-9-11-13-30)27-16-14-26(15-17-27)22-23-37(6,7)8/h9-21,24,32,35H,25H2,1-8H3. The van der Waals surface area contributed by atoms with Crippen LogP contribution in [0.25, 0.3) is 5.70 Å². The lowest BCUT2D eigenvalue weighted by molar-refractivity contribution is 0.284. The molecule has 1 heterocycles. The molecule has 3 aromatic rings. The minimum absolute atomic E-state index is 0.100. The summed E-state index contributed by atoms with van der Waals surface area (Å²) in [5.74, 6) is 3.36. The second-order valence-corrected chi connectivity index (χ2v) is 17.9. The van der Waals surface area contributed by atoms with E-state index in [2.05, 4.69) is 161 Å². The fourth-order valence-electron chi connectivity index (χ4n) is 5.24. The number of hydrazine groups is 1. The number of hydrogen-bond donors (Lipinski definition) is 1. The van der Waals surface area contributed by atoms with Crippen LogP contribution in [0.1, 0.15) is 69.3 Å². The first-order chi connectivity index (χ1) is 17.3. The van der Waals surface area contributed by atoms with E-state index in [-0.39, 0.29) is 16.9 Å². The molecule has 1 atom stereocenters. The lowest BCUT2D eigenvalue weighted by atomic mass is 9.72. The van der Waals surface area contributed by atoms with Crippen LogP contribution in [-0.2, 0) is 5.41 Å². The van der Waals surface area contributed by atoms with Crippen LogP contribution in [0.5, 0.6) is 0 Å². The fraction of sp³-hybridized carbons (Fsp3) is 0.353. The van der Waals surface area contributed by atoms with Crippen LogP contribution in [-0.4, -0.2) is 8.07 Å². The third-order valence-corrected chi connectivity index (χ3v) is 7.54. The lowest BCUT2D eigenvalue weighted by Crippen LogP contribution is -2.34. The molecule has 1 N–H and O–H groups in total. The van der Waals surface area contributed by atoms with Gasteiger partial charge in [-0.05, 0) is 64.3 Å². The molecule has 0 aromatic heterocycles. The zero-order valence-corrected chi connectivity index (χ0v) is 24.8. The maximum absolute atomic E-state index is 3.69. The lowest BCUT2D eigenvalue weighted by Gasteiger charge is -2.33. The summed E-state index contributed by atoms with van der Waals surface area (Å²) in [4.78, 5) is 0. The number of rotatable bonds is 5. The molecule has 3 heteroatoms. The maximum atomic E-state index is 3.69. The van der Waals surface area contributed by atoms with Gasteiger partial charge in [-0.15, -0.1) is 5.54 Å². The number of benzene rings is 3. The van der Waals surface area contributed by atoms with Gasteiger partial charge in [0.2, 0.25) is 0 Å². The van der Waals surface area contributed by atoms with Gasteiger partial charge in [0.1, 0.15) is 8.07 Å². The minimum Gasteiger partial charge on any atom is -0.297 e. The summed E-state index contributed by atoms with van der Waals surface area (Å²) >= 11 is 0. The molecular formula is C34H42N2Si.